The minimum Gasteiger partial charge on any atom is -0.466 e. The maximum atomic E-state index is 9.96. The molecule has 1 unspecified atom stereocenters. The zero-order chi connectivity index (χ0) is 11.6. The van der Waals surface area contributed by atoms with E-state index in [2.05, 4.69) is 0 Å². The zero-order valence-corrected chi connectivity index (χ0v) is 10.1. The Hall–Kier alpha value is -0.800. The standard InChI is InChI=1S/C12H20O3/c1-7(2)14-6-11(13)12-8(3)9(4)15-10(12)5/h7,11,13H,6H2,1-5H3. The van der Waals surface area contributed by atoms with Crippen LogP contribution < -0.4 is 0 Å². The van der Waals surface area contributed by atoms with E-state index in [9.17, 15) is 5.11 Å². The molecule has 0 radical (unpaired) electrons. The first-order chi connectivity index (χ1) is 6.93. The lowest BCUT2D eigenvalue weighted by molar-refractivity contribution is 0.00419. The summed E-state index contributed by atoms with van der Waals surface area (Å²) in [5, 5.41) is 9.96. The van der Waals surface area contributed by atoms with Gasteiger partial charge in [-0.25, -0.2) is 0 Å². The summed E-state index contributed by atoms with van der Waals surface area (Å²) in [7, 11) is 0. The molecule has 1 aromatic rings. The van der Waals surface area contributed by atoms with Gasteiger partial charge in [0.1, 0.15) is 17.6 Å². The van der Waals surface area contributed by atoms with Gasteiger partial charge >= 0.3 is 0 Å². The largest absolute Gasteiger partial charge is 0.466 e. The van der Waals surface area contributed by atoms with Crippen molar-refractivity contribution < 1.29 is 14.3 Å². The van der Waals surface area contributed by atoms with Crippen LogP contribution >= 0.6 is 0 Å². The van der Waals surface area contributed by atoms with E-state index in [1.165, 1.54) is 0 Å². The fourth-order valence-corrected chi connectivity index (χ4v) is 1.67. The molecule has 1 aromatic heterocycles. The SMILES string of the molecule is Cc1oc(C)c(C(O)COC(C)C)c1C. The van der Waals surface area contributed by atoms with Gasteiger partial charge in [0, 0.05) is 5.56 Å². The van der Waals surface area contributed by atoms with E-state index in [1.807, 2.05) is 34.6 Å². The lowest BCUT2D eigenvalue weighted by Crippen LogP contribution is -2.12. The highest BCUT2D eigenvalue weighted by Crippen LogP contribution is 2.27. The van der Waals surface area contributed by atoms with E-state index in [0.29, 0.717) is 6.61 Å². The number of furan rings is 1. The third-order valence-corrected chi connectivity index (χ3v) is 2.54. The van der Waals surface area contributed by atoms with Gasteiger partial charge in [-0.15, -0.1) is 0 Å². The number of ether oxygens (including phenoxy) is 1. The van der Waals surface area contributed by atoms with Crippen LogP contribution in [0.15, 0.2) is 4.42 Å². The van der Waals surface area contributed by atoms with E-state index in [0.717, 1.165) is 22.6 Å². The quantitative estimate of drug-likeness (QED) is 0.834. The number of rotatable bonds is 4. The molecular weight excluding hydrogens is 192 g/mol. The number of hydrogen-bond acceptors (Lipinski definition) is 3. The van der Waals surface area contributed by atoms with Gasteiger partial charge in [0.15, 0.2) is 0 Å². The third-order valence-electron chi connectivity index (χ3n) is 2.54. The molecule has 1 atom stereocenters. The first kappa shape index (κ1) is 12.3. The summed E-state index contributed by atoms with van der Waals surface area (Å²) in [6.45, 7) is 9.95. The lowest BCUT2D eigenvalue weighted by Gasteiger charge is -2.13. The second-order valence-corrected chi connectivity index (χ2v) is 4.15. The monoisotopic (exact) mass is 212 g/mol. The maximum absolute atomic E-state index is 9.96. The van der Waals surface area contributed by atoms with Crippen molar-refractivity contribution in [1.29, 1.82) is 0 Å². The first-order valence-corrected chi connectivity index (χ1v) is 5.29. The molecule has 3 heteroatoms. The highest BCUT2D eigenvalue weighted by atomic mass is 16.5. The molecule has 0 aliphatic heterocycles. The van der Waals surface area contributed by atoms with Crippen LogP contribution in [0.5, 0.6) is 0 Å². The predicted octanol–water partition coefficient (Wildman–Crippen LogP) is 2.66. The van der Waals surface area contributed by atoms with Crippen LogP contribution in [-0.2, 0) is 4.74 Å². The van der Waals surface area contributed by atoms with Crippen molar-refractivity contribution in [3.8, 4) is 0 Å². The third kappa shape index (κ3) is 2.83. The Morgan fingerprint density at radius 1 is 1.20 bits per heavy atom. The Kier molecular flexibility index (Phi) is 3.94. The molecule has 3 nitrogen and oxygen atoms in total. The maximum Gasteiger partial charge on any atom is 0.107 e. The molecule has 0 aromatic carbocycles. The number of aryl methyl sites for hydroxylation is 2. The van der Waals surface area contributed by atoms with Gasteiger partial charge in [0.2, 0.25) is 0 Å². The average molecular weight is 212 g/mol. The Labute approximate surface area is 91.1 Å². The van der Waals surface area contributed by atoms with E-state index in [-0.39, 0.29) is 6.10 Å². The Bertz CT molecular complexity index is 326. The Balaban J connectivity index is 2.77. The van der Waals surface area contributed by atoms with E-state index >= 15 is 0 Å². The van der Waals surface area contributed by atoms with Crippen LogP contribution in [0.3, 0.4) is 0 Å². The molecule has 0 amide bonds. The lowest BCUT2D eigenvalue weighted by atomic mass is 10.1. The molecule has 0 saturated heterocycles. The molecular formula is C12H20O3. The van der Waals surface area contributed by atoms with Crippen molar-refractivity contribution >= 4 is 0 Å². The second-order valence-electron chi connectivity index (χ2n) is 4.15. The number of hydrogen-bond donors (Lipinski definition) is 1. The van der Waals surface area contributed by atoms with Gasteiger partial charge < -0.3 is 14.3 Å². The Morgan fingerprint density at radius 3 is 2.20 bits per heavy atom. The minimum atomic E-state index is -0.593. The van der Waals surface area contributed by atoms with E-state index in [1.54, 1.807) is 0 Å². The normalized spacial score (nSPS) is 13.5. The molecule has 0 aliphatic rings. The smallest absolute Gasteiger partial charge is 0.107 e. The zero-order valence-electron chi connectivity index (χ0n) is 10.1. The van der Waals surface area contributed by atoms with Gasteiger partial charge in [-0.1, -0.05) is 0 Å². The van der Waals surface area contributed by atoms with Crippen LogP contribution in [0, 0.1) is 20.8 Å². The van der Waals surface area contributed by atoms with Crippen molar-refractivity contribution in [2.75, 3.05) is 6.61 Å². The summed E-state index contributed by atoms with van der Waals surface area (Å²) in [4.78, 5) is 0. The van der Waals surface area contributed by atoms with Crippen molar-refractivity contribution in [1.82, 2.24) is 0 Å². The van der Waals surface area contributed by atoms with Crippen molar-refractivity contribution in [3.05, 3.63) is 22.6 Å². The fraction of sp³-hybridized carbons (Fsp3) is 0.667. The molecule has 0 saturated carbocycles. The summed E-state index contributed by atoms with van der Waals surface area (Å²) >= 11 is 0. The van der Waals surface area contributed by atoms with Gasteiger partial charge in [0.25, 0.3) is 0 Å². The van der Waals surface area contributed by atoms with Crippen LogP contribution in [0.1, 0.15) is 42.6 Å². The molecule has 1 heterocycles. The summed E-state index contributed by atoms with van der Waals surface area (Å²) in [5.74, 6) is 1.65. The van der Waals surface area contributed by atoms with Gasteiger partial charge in [-0.3, -0.25) is 0 Å². The van der Waals surface area contributed by atoms with Gasteiger partial charge in [0.05, 0.1) is 12.7 Å². The highest BCUT2D eigenvalue weighted by molar-refractivity contribution is 5.33. The van der Waals surface area contributed by atoms with E-state index < -0.39 is 6.10 Å². The molecule has 15 heavy (non-hydrogen) atoms. The average Bonchev–Trinajstić information content (AvgIpc) is 2.37. The summed E-state index contributed by atoms with van der Waals surface area (Å²) in [6.07, 6.45) is -0.460. The summed E-state index contributed by atoms with van der Waals surface area (Å²) < 4.78 is 10.8. The molecule has 0 fully saturated rings. The van der Waals surface area contributed by atoms with Gasteiger partial charge in [-0.05, 0) is 40.2 Å². The van der Waals surface area contributed by atoms with E-state index in [4.69, 9.17) is 9.15 Å². The van der Waals surface area contributed by atoms with Gasteiger partial charge in [-0.2, -0.15) is 0 Å². The predicted molar refractivity (Wildman–Crippen MR) is 59.0 cm³/mol. The van der Waals surface area contributed by atoms with Crippen LogP contribution in [0.4, 0.5) is 0 Å². The van der Waals surface area contributed by atoms with Crippen LogP contribution in [0.2, 0.25) is 0 Å². The molecule has 86 valence electrons. The topological polar surface area (TPSA) is 42.6 Å². The second kappa shape index (κ2) is 4.81. The first-order valence-electron chi connectivity index (χ1n) is 5.29. The van der Waals surface area contributed by atoms with Crippen molar-refractivity contribution in [2.45, 2.75) is 46.8 Å². The molecule has 0 bridgehead atoms. The number of aliphatic hydroxyl groups is 1. The number of aliphatic hydroxyl groups excluding tert-OH is 1. The van der Waals surface area contributed by atoms with Crippen molar-refractivity contribution in [3.63, 3.8) is 0 Å². The molecule has 1 N–H and O–H groups in total. The molecule has 0 aliphatic carbocycles. The molecule has 0 spiro atoms. The Morgan fingerprint density at radius 2 is 1.80 bits per heavy atom. The van der Waals surface area contributed by atoms with Crippen LogP contribution in [0.25, 0.3) is 0 Å². The summed E-state index contributed by atoms with van der Waals surface area (Å²) in [6, 6.07) is 0. The van der Waals surface area contributed by atoms with Crippen molar-refractivity contribution in [2.24, 2.45) is 0 Å². The highest BCUT2D eigenvalue weighted by Gasteiger charge is 2.19. The minimum absolute atomic E-state index is 0.133. The van der Waals surface area contributed by atoms with Crippen LogP contribution in [-0.4, -0.2) is 17.8 Å². The summed E-state index contributed by atoms with van der Waals surface area (Å²) in [5.41, 5.74) is 1.89. The fourth-order valence-electron chi connectivity index (χ4n) is 1.67. The molecule has 1 rings (SSSR count).